The van der Waals surface area contributed by atoms with E-state index in [-0.39, 0.29) is 22.9 Å². The number of rotatable bonds is 3. The number of hydrogen-bond donors (Lipinski definition) is 1. The fourth-order valence-electron chi connectivity index (χ4n) is 2.71. The summed E-state index contributed by atoms with van der Waals surface area (Å²) in [4.78, 5) is 25.2. The van der Waals surface area contributed by atoms with Gasteiger partial charge in [0.05, 0.1) is 11.6 Å². The van der Waals surface area contributed by atoms with Crippen molar-refractivity contribution in [2.45, 2.75) is 13.0 Å². The predicted molar refractivity (Wildman–Crippen MR) is 99.2 cm³/mol. The Morgan fingerprint density at radius 2 is 1.79 bits per heavy atom. The van der Waals surface area contributed by atoms with Crippen LogP contribution in [0.1, 0.15) is 28.9 Å². The molecule has 0 aliphatic carbocycles. The summed E-state index contributed by atoms with van der Waals surface area (Å²) in [7, 11) is 1.83. The second-order valence-corrected chi connectivity index (χ2v) is 6.66. The molecule has 4 nitrogen and oxygen atoms in total. The molecule has 1 N–H and O–H groups in total. The summed E-state index contributed by atoms with van der Waals surface area (Å²) in [5.74, 6) is -0.364. The number of amides is 1. The Labute approximate surface area is 148 Å². The van der Waals surface area contributed by atoms with E-state index in [9.17, 15) is 9.59 Å². The van der Waals surface area contributed by atoms with Crippen molar-refractivity contribution in [1.82, 2.24) is 9.88 Å². The smallest absolute Gasteiger partial charge is 0.257 e. The molecule has 3 aromatic rings. The largest absolute Gasteiger partial charge is 0.350 e. The lowest BCUT2D eigenvalue weighted by Crippen LogP contribution is -2.31. The number of carbonyl (C=O) groups is 1. The van der Waals surface area contributed by atoms with Gasteiger partial charge in [0.1, 0.15) is 5.56 Å². The number of nitrogens with zero attached hydrogens (tertiary/aromatic N) is 1. The van der Waals surface area contributed by atoms with Crippen LogP contribution in [-0.4, -0.2) is 10.5 Å². The van der Waals surface area contributed by atoms with Crippen molar-refractivity contribution < 1.29 is 4.79 Å². The van der Waals surface area contributed by atoms with Crippen molar-refractivity contribution in [2.24, 2.45) is 7.05 Å². The number of para-hydroxylation sites is 1. The van der Waals surface area contributed by atoms with Crippen LogP contribution in [-0.2, 0) is 7.05 Å². The molecular weight excluding hydrogens is 368 g/mol. The van der Waals surface area contributed by atoms with Gasteiger partial charge in [0, 0.05) is 23.1 Å². The Hall–Kier alpha value is -2.40. The lowest BCUT2D eigenvalue weighted by molar-refractivity contribution is 0.0938. The number of nitrogens with one attached hydrogen (secondary N) is 1. The van der Waals surface area contributed by atoms with E-state index < -0.39 is 0 Å². The first-order chi connectivity index (χ1) is 11.5. The second kappa shape index (κ2) is 6.61. The first kappa shape index (κ1) is 16.5. The molecule has 0 radical (unpaired) electrons. The SMILES string of the molecule is C[C@H](NC(=O)c1cn(C)c2ccccc2c1=O)c1ccc(Br)cc1. The number of benzene rings is 2. The molecule has 0 saturated heterocycles. The minimum Gasteiger partial charge on any atom is -0.350 e. The highest BCUT2D eigenvalue weighted by Crippen LogP contribution is 2.17. The van der Waals surface area contributed by atoms with Crippen molar-refractivity contribution in [3.05, 3.63) is 80.6 Å². The van der Waals surface area contributed by atoms with Gasteiger partial charge >= 0.3 is 0 Å². The number of fused-ring (bicyclic) bond motifs is 1. The number of carbonyl (C=O) groups excluding carboxylic acids is 1. The van der Waals surface area contributed by atoms with E-state index in [1.807, 2.05) is 50.4 Å². The summed E-state index contributed by atoms with van der Waals surface area (Å²) in [6.45, 7) is 1.90. The van der Waals surface area contributed by atoms with E-state index in [0.717, 1.165) is 15.6 Å². The van der Waals surface area contributed by atoms with E-state index in [0.29, 0.717) is 5.39 Å². The molecule has 0 spiro atoms. The average molecular weight is 385 g/mol. The van der Waals surface area contributed by atoms with Crippen LogP contribution in [0.25, 0.3) is 10.9 Å². The van der Waals surface area contributed by atoms with Gasteiger partial charge in [-0.1, -0.05) is 40.2 Å². The Morgan fingerprint density at radius 1 is 1.12 bits per heavy atom. The maximum atomic E-state index is 12.6. The summed E-state index contributed by atoms with van der Waals surface area (Å²) >= 11 is 3.39. The molecule has 0 bridgehead atoms. The minimum absolute atomic E-state index is 0.153. The van der Waals surface area contributed by atoms with E-state index in [2.05, 4.69) is 21.2 Å². The predicted octanol–water partition coefficient (Wildman–Crippen LogP) is 3.79. The van der Waals surface area contributed by atoms with Crippen molar-refractivity contribution in [1.29, 1.82) is 0 Å². The maximum absolute atomic E-state index is 12.6. The topological polar surface area (TPSA) is 51.1 Å². The summed E-state index contributed by atoms with van der Waals surface area (Å²) < 4.78 is 2.78. The van der Waals surface area contributed by atoms with Gasteiger partial charge in [0.25, 0.3) is 5.91 Å². The lowest BCUT2D eigenvalue weighted by Gasteiger charge is -2.15. The highest BCUT2D eigenvalue weighted by molar-refractivity contribution is 9.10. The molecule has 1 heterocycles. The molecule has 24 heavy (non-hydrogen) atoms. The standard InChI is InChI=1S/C19H17BrN2O2/c1-12(13-7-9-14(20)10-8-13)21-19(24)16-11-22(2)17-6-4-3-5-15(17)18(16)23/h3-12H,1-2H3,(H,21,24)/t12-/m0/s1. The van der Waals surface area contributed by atoms with Crippen LogP contribution >= 0.6 is 15.9 Å². The zero-order valence-corrected chi connectivity index (χ0v) is 15.0. The zero-order valence-electron chi connectivity index (χ0n) is 13.4. The van der Waals surface area contributed by atoms with E-state index in [1.54, 1.807) is 22.9 Å². The van der Waals surface area contributed by atoms with Crippen molar-refractivity contribution >= 4 is 32.7 Å². The molecule has 0 aliphatic rings. The van der Waals surface area contributed by atoms with Crippen LogP contribution in [0.5, 0.6) is 0 Å². The van der Waals surface area contributed by atoms with Crippen LogP contribution in [0.3, 0.4) is 0 Å². The fourth-order valence-corrected chi connectivity index (χ4v) is 2.98. The average Bonchev–Trinajstić information content (AvgIpc) is 2.58. The number of hydrogen-bond acceptors (Lipinski definition) is 2. The first-order valence-corrected chi connectivity index (χ1v) is 8.41. The molecule has 2 aromatic carbocycles. The second-order valence-electron chi connectivity index (χ2n) is 5.75. The Morgan fingerprint density at radius 3 is 2.50 bits per heavy atom. The summed E-state index contributed by atoms with van der Waals surface area (Å²) in [5, 5.41) is 3.44. The molecule has 0 aliphatic heterocycles. The number of aryl methyl sites for hydroxylation is 1. The van der Waals surface area contributed by atoms with Gasteiger partial charge in [-0.15, -0.1) is 0 Å². The van der Waals surface area contributed by atoms with Gasteiger partial charge in [0.15, 0.2) is 0 Å². The van der Waals surface area contributed by atoms with Gasteiger partial charge in [-0.3, -0.25) is 9.59 Å². The van der Waals surface area contributed by atoms with Gasteiger partial charge in [-0.05, 0) is 36.8 Å². The third-order valence-corrected chi connectivity index (χ3v) is 4.59. The molecule has 5 heteroatoms. The van der Waals surface area contributed by atoms with E-state index in [1.165, 1.54) is 0 Å². The minimum atomic E-state index is -0.364. The summed E-state index contributed by atoms with van der Waals surface area (Å²) in [6.07, 6.45) is 1.59. The van der Waals surface area contributed by atoms with Gasteiger partial charge < -0.3 is 9.88 Å². The van der Waals surface area contributed by atoms with E-state index in [4.69, 9.17) is 0 Å². The molecule has 0 unspecified atom stereocenters. The quantitative estimate of drug-likeness (QED) is 0.746. The van der Waals surface area contributed by atoms with Crippen molar-refractivity contribution in [3.63, 3.8) is 0 Å². The number of pyridine rings is 1. The number of halogens is 1. The Kier molecular flexibility index (Phi) is 4.53. The molecule has 1 amide bonds. The molecule has 0 saturated carbocycles. The van der Waals surface area contributed by atoms with Crippen molar-refractivity contribution in [2.75, 3.05) is 0 Å². The van der Waals surface area contributed by atoms with Crippen molar-refractivity contribution in [3.8, 4) is 0 Å². The molecule has 122 valence electrons. The monoisotopic (exact) mass is 384 g/mol. The van der Waals surface area contributed by atoms with Crippen LogP contribution in [0.2, 0.25) is 0 Å². The number of aromatic nitrogens is 1. The van der Waals surface area contributed by atoms with E-state index >= 15 is 0 Å². The van der Waals surface area contributed by atoms with Gasteiger partial charge in [-0.25, -0.2) is 0 Å². The summed E-state index contributed by atoms with van der Waals surface area (Å²) in [5.41, 5.74) is 1.69. The first-order valence-electron chi connectivity index (χ1n) is 7.62. The van der Waals surface area contributed by atoms with Crippen LogP contribution < -0.4 is 10.7 Å². The molecular formula is C19H17BrN2O2. The fraction of sp³-hybridized carbons (Fsp3) is 0.158. The molecule has 0 fully saturated rings. The molecule has 3 rings (SSSR count). The van der Waals surface area contributed by atoms with Crippen LogP contribution in [0.15, 0.2) is 64.0 Å². The highest BCUT2D eigenvalue weighted by Gasteiger charge is 2.17. The Balaban J connectivity index is 1.93. The Bertz CT molecular complexity index is 961. The van der Waals surface area contributed by atoms with Crippen LogP contribution in [0, 0.1) is 0 Å². The normalized spacial score (nSPS) is 12.1. The third-order valence-electron chi connectivity index (χ3n) is 4.06. The molecule has 1 aromatic heterocycles. The van der Waals surface area contributed by atoms with Crippen LogP contribution in [0.4, 0.5) is 0 Å². The summed E-state index contributed by atoms with van der Waals surface area (Å²) in [6, 6.07) is 14.8. The third kappa shape index (κ3) is 3.12. The highest BCUT2D eigenvalue weighted by atomic mass is 79.9. The molecule has 1 atom stereocenters. The maximum Gasteiger partial charge on any atom is 0.257 e. The van der Waals surface area contributed by atoms with Gasteiger partial charge in [0.2, 0.25) is 5.43 Å². The zero-order chi connectivity index (χ0) is 17.3. The lowest BCUT2D eigenvalue weighted by atomic mass is 10.1. The van der Waals surface area contributed by atoms with Gasteiger partial charge in [-0.2, -0.15) is 0 Å².